The fourth-order valence-electron chi connectivity index (χ4n) is 2.02. The summed E-state index contributed by atoms with van der Waals surface area (Å²) in [4.78, 5) is 12.8. The van der Waals surface area contributed by atoms with Crippen molar-refractivity contribution in [2.24, 2.45) is 0 Å². The molecule has 2 heterocycles. The van der Waals surface area contributed by atoms with E-state index >= 15 is 0 Å². The first kappa shape index (κ1) is 15.8. The molecule has 0 radical (unpaired) electrons. The summed E-state index contributed by atoms with van der Waals surface area (Å²) in [6.07, 6.45) is 2.30. The highest BCUT2D eigenvalue weighted by Gasteiger charge is 2.24. The maximum atomic E-state index is 12.0. The lowest BCUT2D eigenvalue weighted by Gasteiger charge is -2.23. The summed E-state index contributed by atoms with van der Waals surface area (Å²) < 4.78 is 27.9. The van der Waals surface area contributed by atoms with Crippen LogP contribution in [0.1, 0.15) is 37.1 Å². The Bertz CT molecular complexity index is 578. The van der Waals surface area contributed by atoms with Crippen molar-refractivity contribution in [3.63, 3.8) is 0 Å². The molecular weight excluding hydrogens is 322 g/mol. The van der Waals surface area contributed by atoms with Gasteiger partial charge < -0.3 is 10.1 Å². The molecule has 2 rings (SSSR count). The van der Waals surface area contributed by atoms with Gasteiger partial charge in [0.15, 0.2) is 0 Å². The van der Waals surface area contributed by atoms with Gasteiger partial charge >= 0.3 is 0 Å². The maximum Gasteiger partial charge on any atom is 0.270 e. The lowest BCUT2D eigenvalue weighted by Crippen LogP contribution is -2.39. The average molecular weight is 338 g/mol. The molecule has 1 fully saturated rings. The van der Waals surface area contributed by atoms with Crippen molar-refractivity contribution in [1.29, 1.82) is 0 Å². The van der Waals surface area contributed by atoms with Gasteiger partial charge in [0, 0.05) is 22.2 Å². The minimum absolute atomic E-state index is 0.0872. The zero-order valence-corrected chi connectivity index (χ0v) is 13.4. The third kappa shape index (κ3) is 3.94. The minimum atomic E-state index is -3.71. The van der Waals surface area contributed by atoms with Crippen molar-refractivity contribution < 1.29 is 17.9 Å². The van der Waals surface area contributed by atoms with Gasteiger partial charge in [0.05, 0.1) is 6.04 Å². The molecule has 0 aromatic carbocycles. The maximum absolute atomic E-state index is 12.0. The number of thiophene rings is 1. The van der Waals surface area contributed by atoms with Gasteiger partial charge in [-0.05, 0) is 38.3 Å². The van der Waals surface area contributed by atoms with Crippen molar-refractivity contribution in [2.45, 2.75) is 42.5 Å². The molecule has 2 atom stereocenters. The summed E-state index contributed by atoms with van der Waals surface area (Å²) in [6, 6.07) is 2.83. The Morgan fingerprint density at radius 3 is 2.80 bits per heavy atom. The van der Waals surface area contributed by atoms with Crippen LogP contribution in [0, 0.1) is 0 Å². The SMILES string of the molecule is CC(NC(=O)C1CCCCO1)c1ccc(S(=O)(=O)Cl)s1. The highest BCUT2D eigenvalue weighted by molar-refractivity contribution is 8.15. The molecule has 0 saturated carbocycles. The Labute approximate surface area is 126 Å². The summed E-state index contributed by atoms with van der Waals surface area (Å²) in [5, 5.41) is 2.84. The van der Waals surface area contributed by atoms with E-state index in [2.05, 4.69) is 5.32 Å². The second-order valence-electron chi connectivity index (χ2n) is 4.68. The van der Waals surface area contributed by atoms with Crippen molar-refractivity contribution in [1.82, 2.24) is 5.32 Å². The molecule has 0 spiro atoms. The van der Waals surface area contributed by atoms with E-state index in [1.807, 2.05) is 0 Å². The van der Waals surface area contributed by atoms with Crippen LogP contribution in [-0.2, 0) is 18.6 Å². The van der Waals surface area contributed by atoms with Gasteiger partial charge in [0.1, 0.15) is 10.3 Å². The molecule has 5 nitrogen and oxygen atoms in total. The zero-order chi connectivity index (χ0) is 14.8. The second kappa shape index (κ2) is 6.43. The van der Waals surface area contributed by atoms with Crippen LogP contribution in [0.4, 0.5) is 0 Å². The fraction of sp³-hybridized carbons (Fsp3) is 0.583. The first-order valence-electron chi connectivity index (χ1n) is 6.34. The number of amides is 1. The third-order valence-electron chi connectivity index (χ3n) is 3.10. The molecule has 1 N–H and O–H groups in total. The molecular formula is C12H16ClNO4S2. The number of carbonyl (C=O) groups excluding carboxylic acids is 1. The molecule has 0 bridgehead atoms. The average Bonchev–Trinajstić information content (AvgIpc) is 2.89. The predicted molar refractivity (Wildman–Crippen MR) is 77.5 cm³/mol. The van der Waals surface area contributed by atoms with Crippen LogP contribution in [0.5, 0.6) is 0 Å². The Morgan fingerprint density at radius 2 is 2.25 bits per heavy atom. The van der Waals surface area contributed by atoms with Crippen LogP contribution in [0.3, 0.4) is 0 Å². The molecule has 20 heavy (non-hydrogen) atoms. The van der Waals surface area contributed by atoms with Gasteiger partial charge in [0.2, 0.25) is 5.91 Å². The molecule has 2 unspecified atom stereocenters. The van der Waals surface area contributed by atoms with Crippen LogP contribution in [0.15, 0.2) is 16.3 Å². The van der Waals surface area contributed by atoms with E-state index in [-0.39, 0.29) is 16.2 Å². The second-order valence-corrected chi connectivity index (χ2v) is 8.59. The van der Waals surface area contributed by atoms with Crippen LogP contribution < -0.4 is 5.32 Å². The quantitative estimate of drug-likeness (QED) is 0.856. The third-order valence-corrected chi connectivity index (χ3v) is 6.46. The van der Waals surface area contributed by atoms with Gasteiger partial charge in [-0.1, -0.05) is 0 Å². The summed E-state index contributed by atoms with van der Waals surface area (Å²) in [5.74, 6) is -0.152. The number of hydrogen-bond acceptors (Lipinski definition) is 5. The molecule has 1 aromatic rings. The van der Waals surface area contributed by atoms with E-state index < -0.39 is 15.2 Å². The first-order valence-corrected chi connectivity index (χ1v) is 9.47. The highest BCUT2D eigenvalue weighted by atomic mass is 35.7. The summed E-state index contributed by atoms with van der Waals surface area (Å²) in [6.45, 7) is 2.41. The van der Waals surface area contributed by atoms with E-state index in [0.29, 0.717) is 6.61 Å². The number of nitrogens with one attached hydrogen (secondary N) is 1. The van der Waals surface area contributed by atoms with E-state index in [0.717, 1.165) is 35.5 Å². The molecule has 112 valence electrons. The molecule has 1 aliphatic rings. The van der Waals surface area contributed by atoms with E-state index in [4.69, 9.17) is 15.4 Å². The molecule has 1 saturated heterocycles. The standard InChI is InChI=1S/C12H16ClNO4S2/c1-8(10-5-6-11(19-10)20(13,16)17)14-12(15)9-4-2-3-7-18-9/h5-6,8-9H,2-4,7H2,1H3,(H,14,15). The van der Waals surface area contributed by atoms with E-state index in [1.54, 1.807) is 13.0 Å². The van der Waals surface area contributed by atoms with Crippen LogP contribution in [-0.4, -0.2) is 27.0 Å². The van der Waals surface area contributed by atoms with Gasteiger partial charge in [-0.2, -0.15) is 0 Å². The summed E-state index contributed by atoms with van der Waals surface area (Å²) in [5.41, 5.74) is 0. The number of hydrogen-bond donors (Lipinski definition) is 1. The number of halogens is 1. The summed E-state index contributed by atoms with van der Waals surface area (Å²) in [7, 11) is 1.57. The molecule has 0 aliphatic carbocycles. The topological polar surface area (TPSA) is 72.5 Å². The number of rotatable bonds is 4. The lowest BCUT2D eigenvalue weighted by molar-refractivity contribution is -0.136. The fourth-order valence-corrected chi connectivity index (χ4v) is 4.12. The van der Waals surface area contributed by atoms with Crippen molar-refractivity contribution in [2.75, 3.05) is 6.61 Å². The molecule has 1 amide bonds. The van der Waals surface area contributed by atoms with Crippen molar-refractivity contribution in [3.8, 4) is 0 Å². The lowest BCUT2D eigenvalue weighted by atomic mass is 10.1. The predicted octanol–water partition coefficient (Wildman–Crippen LogP) is 2.42. The highest BCUT2D eigenvalue weighted by Crippen LogP contribution is 2.29. The minimum Gasteiger partial charge on any atom is -0.368 e. The van der Waals surface area contributed by atoms with Crippen LogP contribution in [0.25, 0.3) is 0 Å². The Balaban J connectivity index is 1.99. The van der Waals surface area contributed by atoms with Gasteiger partial charge in [-0.15, -0.1) is 11.3 Å². The van der Waals surface area contributed by atoms with E-state index in [1.165, 1.54) is 6.07 Å². The zero-order valence-electron chi connectivity index (χ0n) is 11.0. The van der Waals surface area contributed by atoms with E-state index in [9.17, 15) is 13.2 Å². The smallest absolute Gasteiger partial charge is 0.270 e. The number of carbonyl (C=O) groups is 1. The Hall–Kier alpha value is -0.630. The normalized spacial score (nSPS) is 21.4. The number of ether oxygens (including phenoxy) is 1. The van der Waals surface area contributed by atoms with Crippen LogP contribution >= 0.6 is 22.0 Å². The van der Waals surface area contributed by atoms with Gasteiger partial charge in [-0.25, -0.2) is 8.42 Å². The summed E-state index contributed by atoms with van der Waals surface area (Å²) >= 11 is 1.06. The molecule has 1 aliphatic heterocycles. The molecule has 8 heteroatoms. The Morgan fingerprint density at radius 1 is 1.50 bits per heavy atom. The van der Waals surface area contributed by atoms with Crippen molar-refractivity contribution in [3.05, 3.63) is 17.0 Å². The Kier molecular flexibility index (Phi) is 5.06. The van der Waals surface area contributed by atoms with Gasteiger partial charge in [0.25, 0.3) is 9.05 Å². The van der Waals surface area contributed by atoms with Gasteiger partial charge in [-0.3, -0.25) is 4.79 Å². The largest absolute Gasteiger partial charge is 0.368 e. The first-order chi connectivity index (χ1) is 9.38. The van der Waals surface area contributed by atoms with Crippen molar-refractivity contribution >= 4 is 37.0 Å². The molecule has 1 aromatic heterocycles. The monoisotopic (exact) mass is 337 g/mol. The van der Waals surface area contributed by atoms with Crippen LogP contribution in [0.2, 0.25) is 0 Å².